The Kier molecular flexibility index (Phi) is 4.21. The molecule has 1 aliphatic rings. The van der Waals surface area contributed by atoms with Gasteiger partial charge < -0.3 is 5.32 Å². The van der Waals surface area contributed by atoms with Crippen LogP contribution >= 0.6 is 22.9 Å². The van der Waals surface area contributed by atoms with Crippen molar-refractivity contribution in [3.8, 4) is 0 Å². The second-order valence-corrected chi connectivity index (χ2v) is 10.1. The van der Waals surface area contributed by atoms with E-state index in [4.69, 9.17) is 11.6 Å². The first-order valence-electron chi connectivity index (χ1n) is 6.42. The van der Waals surface area contributed by atoms with Gasteiger partial charge in [-0.05, 0) is 40.5 Å². The second kappa shape index (κ2) is 5.21. The van der Waals surface area contributed by atoms with Crippen LogP contribution in [-0.4, -0.2) is 30.5 Å². The molecule has 0 spiro atoms. The summed E-state index contributed by atoms with van der Waals surface area (Å²) in [7, 11) is -3.55. The number of rotatable bonds is 3. The lowest BCUT2D eigenvalue weighted by Crippen LogP contribution is -2.62. The van der Waals surface area contributed by atoms with Crippen LogP contribution < -0.4 is 10.0 Å². The summed E-state index contributed by atoms with van der Waals surface area (Å²) < 4.78 is 27.8. The standard InChI is InChI=1S/C12H20ClN3O2S2/c1-11(2)5-8(6-12(3,4)16-11)15-20(17,18)9-7-14-10(13)19-9/h7-8,15-16H,5-6H2,1-4H3. The van der Waals surface area contributed by atoms with Gasteiger partial charge in [0.25, 0.3) is 10.0 Å². The number of halogens is 1. The van der Waals surface area contributed by atoms with Crippen LogP contribution in [0.25, 0.3) is 0 Å². The van der Waals surface area contributed by atoms with Crippen LogP contribution in [0, 0.1) is 0 Å². The van der Waals surface area contributed by atoms with Gasteiger partial charge in [-0.25, -0.2) is 18.1 Å². The van der Waals surface area contributed by atoms with Crippen molar-refractivity contribution in [2.75, 3.05) is 0 Å². The summed E-state index contributed by atoms with van der Waals surface area (Å²) in [6, 6.07) is -0.105. The van der Waals surface area contributed by atoms with E-state index in [0.717, 1.165) is 24.2 Å². The van der Waals surface area contributed by atoms with E-state index >= 15 is 0 Å². The van der Waals surface area contributed by atoms with Gasteiger partial charge in [-0.1, -0.05) is 22.9 Å². The average Bonchev–Trinajstić information content (AvgIpc) is 2.59. The Labute approximate surface area is 129 Å². The molecular formula is C12H20ClN3O2S2. The molecule has 1 aromatic rings. The zero-order valence-electron chi connectivity index (χ0n) is 12.0. The Morgan fingerprint density at radius 3 is 2.35 bits per heavy atom. The summed E-state index contributed by atoms with van der Waals surface area (Å²) >= 11 is 6.68. The Bertz CT molecular complexity index is 580. The van der Waals surface area contributed by atoms with Gasteiger partial charge >= 0.3 is 0 Å². The highest BCUT2D eigenvalue weighted by molar-refractivity contribution is 7.91. The third-order valence-corrected chi connectivity index (χ3v) is 6.33. The third-order valence-electron chi connectivity index (χ3n) is 3.23. The predicted octanol–water partition coefficient (Wildman–Crippen LogP) is 2.38. The van der Waals surface area contributed by atoms with Gasteiger partial charge in [0.1, 0.15) is 0 Å². The number of nitrogens with one attached hydrogen (secondary N) is 2. The summed E-state index contributed by atoms with van der Waals surface area (Å²) in [5.41, 5.74) is -0.222. The number of nitrogens with zero attached hydrogens (tertiary/aromatic N) is 1. The van der Waals surface area contributed by atoms with Gasteiger partial charge in [0.05, 0.1) is 6.20 Å². The summed E-state index contributed by atoms with van der Waals surface area (Å²) in [5, 5.41) is 3.53. The topological polar surface area (TPSA) is 71.1 Å². The van der Waals surface area contributed by atoms with Crippen molar-refractivity contribution >= 4 is 33.0 Å². The summed E-state index contributed by atoms with van der Waals surface area (Å²) in [6.45, 7) is 8.33. The Morgan fingerprint density at radius 2 is 1.90 bits per heavy atom. The van der Waals surface area contributed by atoms with Crippen LogP contribution in [0.15, 0.2) is 10.4 Å². The van der Waals surface area contributed by atoms with Crippen LogP contribution in [-0.2, 0) is 10.0 Å². The lowest BCUT2D eigenvalue weighted by Gasteiger charge is -2.46. The summed E-state index contributed by atoms with van der Waals surface area (Å²) in [5.74, 6) is 0. The van der Waals surface area contributed by atoms with Gasteiger partial charge in [0.15, 0.2) is 8.68 Å². The zero-order chi connectivity index (χ0) is 15.2. The maximum atomic E-state index is 12.3. The van der Waals surface area contributed by atoms with Gasteiger partial charge in [0.2, 0.25) is 0 Å². The third kappa shape index (κ3) is 3.92. The molecule has 0 atom stereocenters. The molecule has 0 aliphatic carbocycles. The van der Waals surface area contributed by atoms with Crippen LogP contribution in [0.5, 0.6) is 0 Å². The number of aromatic nitrogens is 1. The van der Waals surface area contributed by atoms with E-state index in [-0.39, 0.29) is 25.8 Å². The molecule has 1 aliphatic heterocycles. The zero-order valence-corrected chi connectivity index (χ0v) is 14.4. The Hall–Kier alpha value is -0.210. The normalized spacial score (nSPS) is 22.9. The summed E-state index contributed by atoms with van der Waals surface area (Å²) in [6.07, 6.45) is 2.77. The van der Waals surface area contributed by atoms with Crippen LogP contribution in [0.4, 0.5) is 0 Å². The van der Waals surface area contributed by atoms with E-state index in [1.165, 1.54) is 6.20 Å². The van der Waals surface area contributed by atoms with E-state index in [9.17, 15) is 8.42 Å². The molecule has 20 heavy (non-hydrogen) atoms. The maximum Gasteiger partial charge on any atom is 0.251 e. The fourth-order valence-electron chi connectivity index (χ4n) is 3.05. The predicted molar refractivity (Wildman–Crippen MR) is 81.8 cm³/mol. The molecule has 2 N–H and O–H groups in total. The van der Waals surface area contributed by atoms with Crippen LogP contribution in [0.1, 0.15) is 40.5 Å². The minimum atomic E-state index is -3.55. The first-order valence-corrected chi connectivity index (χ1v) is 9.10. The SMILES string of the molecule is CC1(C)CC(NS(=O)(=O)c2cnc(Cl)s2)CC(C)(C)N1. The molecule has 0 amide bonds. The number of hydrogen-bond acceptors (Lipinski definition) is 5. The molecule has 0 saturated carbocycles. The Balaban J connectivity index is 2.17. The van der Waals surface area contributed by atoms with Crippen molar-refractivity contribution in [1.82, 2.24) is 15.0 Å². The lowest BCUT2D eigenvalue weighted by atomic mass is 9.80. The van der Waals surface area contributed by atoms with Crippen molar-refractivity contribution in [1.29, 1.82) is 0 Å². The molecule has 1 aromatic heterocycles. The first-order chi connectivity index (χ1) is 8.99. The van der Waals surface area contributed by atoms with Crippen LogP contribution in [0.2, 0.25) is 4.47 Å². The molecule has 0 unspecified atom stereocenters. The molecule has 2 rings (SSSR count). The van der Waals surface area contributed by atoms with E-state index in [2.05, 4.69) is 42.7 Å². The lowest BCUT2D eigenvalue weighted by molar-refractivity contribution is 0.157. The molecular weight excluding hydrogens is 318 g/mol. The molecule has 2 heterocycles. The minimum absolute atomic E-state index is 0.105. The molecule has 8 heteroatoms. The van der Waals surface area contributed by atoms with E-state index < -0.39 is 10.0 Å². The van der Waals surface area contributed by atoms with E-state index in [1.54, 1.807) is 0 Å². The van der Waals surface area contributed by atoms with Gasteiger partial charge in [-0.15, -0.1) is 0 Å². The molecule has 5 nitrogen and oxygen atoms in total. The van der Waals surface area contributed by atoms with Crippen molar-refractivity contribution in [3.05, 3.63) is 10.7 Å². The van der Waals surface area contributed by atoms with Gasteiger partial charge in [0, 0.05) is 17.1 Å². The molecule has 114 valence electrons. The van der Waals surface area contributed by atoms with Gasteiger partial charge in [-0.2, -0.15) is 0 Å². The fraction of sp³-hybridized carbons (Fsp3) is 0.750. The highest BCUT2D eigenvalue weighted by Crippen LogP contribution is 2.30. The van der Waals surface area contributed by atoms with Crippen molar-refractivity contribution in [2.24, 2.45) is 0 Å². The van der Waals surface area contributed by atoms with Crippen LogP contribution in [0.3, 0.4) is 0 Å². The number of sulfonamides is 1. The summed E-state index contributed by atoms with van der Waals surface area (Å²) in [4.78, 5) is 3.79. The largest absolute Gasteiger partial charge is 0.307 e. The van der Waals surface area contributed by atoms with Crippen molar-refractivity contribution < 1.29 is 8.42 Å². The average molecular weight is 338 g/mol. The molecule has 0 bridgehead atoms. The molecule has 0 radical (unpaired) electrons. The van der Waals surface area contributed by atoms with Crippen molar-refractivity contribution in [2.45, 2.75) is 61.9 Å². The maximum absolute atomic E-state index is 12.3. The molecule has 1 saturated heterocycles. The van der Waals surface area contributed by atoms with Gasteiger partial charge in [-0.3, -0.25) is 0 Å². The quantitative estimate of drug-likeness (QED) is 0.888. The molecule has 1 fully saturated rings. The second-order valence-electron chi connectivity index (χ2n) is 6.55. The molecule has 0 aromatic carbocycles. The van der Waals surface area contributed by atoms with E-state index in [1.807, 2.05) is 0 Å². The minimum Gasteiger partial charge on any atom is -0.307 e. The number of hydrogen-bond donors (Lipinski definition) is 2. The smallest absolute Gasteiger partial charge is 0.251 e. The first kappa shape index (κ1) is 16.2. The highest BCUT2D eigenvalue weighted by atomic mass is 35.5. The van der Waals surface area contributed by atoms with Crippen molar-refractivity contribution in [3.63, 3.8) is 0 Å². The number of thiazole rings is 1. The monoisotopic (exact) mass is 337 g/mol. The van der Waals surface area contributed by atoms with E-state index in [0.29, 0.717) is 0 Å². The fourth-order valence-corrected chi connectivity index (χ4v) is 5.59. The highest BCUT2D eigenvalue weighted by Gasteiger charge is 2.39. The number of piperidine rings is 1. The Morgan fingerprint density at radius 1 is 1.35 bits per heavy atom.